The summed E-state index contributed by atoms with van der Waals surface area (Å²) in [6, 6.07) is 2.04. The minimum absolute atomic E-state index is 0.882. The first kappa shape index (κ1) is 20.2. The molecule has 0 saturated heterocycles. The summed E-state index contributed by atoms with van der Waals surface area (Å²) in [6.45, 7) is 4.64. The number of unbranched alkanes of at least 4 members (excludes halogenated alkanes) is 12. The number of hydrogen-bond acceptors (Lipinski definition) is 1. The second-order valence-electron chi connectivity index (χ2n) is 6.75. The number of allylic oxidation sites excluding steroid dienone is 2. The molecule has 0 fully saturated rings. The molecule has 0 aromatic rings. The molecule has 1 heteroatoms. The Kier molecular flexibility index (Phi) is 16.6. The van der Waals surface area contributed by atoms with Crippen molar-refractivity contribution in [2.75, 3.05) is 0 Å². The third-order valence-electron chi connectivity index (χ3n) is 4.09. The van der Waals surface area contributed by atoms with Crippen LogP contribution in [0, 0.1) is 17.2 Å². The van der Waals surface area contributed by atoms with Crippen LogP contribution in [0.15, 0.2) is 12.2 Å². The van der Waals surface area contributed by atoms with Gasteiger partial charge >= 0.3 is 0 Å². The van der Waals surface area contributed by atoms with Crippen molar-refractivity contribution >= 4 is 0 Å². The van der Waals surface area contributed by atoms with Gasteiger partial charge in [0.2, 0.25) is 0 Å². The van der Waals surface area contributed by atoms with Crippen LogP contribution in [0.25, 0.3) is 0 Å². The fraction of sp³-hybridized carbons (Fsp3) is 0.850. The van der Waals surface area contributed by atoms with Crippen LogP contribution in [0.3, 0.4) is 0 Å². The summed E-state index contributed by atoms with van der Waals surface area (Å²) in [4.78, 5) is 0. The van der Waals surface area contributed by atoms with Crippen molar-refractivity contribution in [3.8, 4) is 6.07 Å². The second-order valence-corrected chi connectivity index (χ2v) is 6.75. The van der Waals surface area contributed by atoms with E-state index >= 15 is 0 Å². The van der Waals surface area contributed by atoms with Gasteiger partial charge in [-0.05, 0) is 18.8 Å². The molecule has 0 radical (unpaired) electrons. The van der Waals surface area contributed by atoms with Crippen molar-refractivity contribution in [3.05, 3.63) is 12.2 Å². The van der Waals surface area contributed by atoms with Gasteiger partial charge in [0.25, 0.3) is 0 Å². The standard InChI is InChI=1S/C20H37N/c1-20(2)18-16-14-12-10-8-6-4-3-5-7-9-11-13-15-17-19-21/h15,17,20H,3-14,16,18H2,1-2H3. The van der Waals surface area contributed by atoms with Crippen molar-refractivity contribution in [3.63, 3.8) is 0 Å². The number of hydrogen-bond donors (Lipinski definition) is 0. The Balaban J connectivity index is 3.00. The predicted octanol–water partition coefficient (Wildman–Crippen LogP) is 7.18. The first-order chi connectivity index (χ1) is 10.3. The Morgan fingerprint density at radius 2 is 1.14 bits per heavy atom. The lowest BCUT2D eigenvalue weighted by atomic mass is 10.0. The summed E-state index contributed by atoms with van der Waals surface area (Å²) in [5, 5.41) is 8.36. The van der Waals surface area contributed by atoms with E-state index in [1.165, 1.54) is 83.5 Å². The minimum atomic E-state index is 0.882. The van der Waals surface area contributed by atoms with E-state index in [1.54, 1.807) is 6.08 Å². The molecule has 0 saturated carbocycles. The average molecular weight is 292 g/mol. The Morgan fingerprint density at radius 1 is 0.714 bits per heavy atom. The van der Waals surface area contributed by atoms with E-state index in [-0.39, 0.29) is 0 Å². The maximum Gasteiger partial charge on any atom is 0.0908 e. The largest absolute Gasteiger partial charge is 0.193 e. The Bertz CT molecular complexity index is 260. The highest BCUT2D eigenvalue weighted by Gasteiger charge is 1.95. The topological polar surface area (TPSA) is 23.8 Å². The van der Waals surface area contributed by atoms with Crippen molar-refractivity contribution in [2.24, 2.45) is 5.92 Å². The molecule has 0 spiro atoms. The molecular weight excluding hydrogens is 254 g/mol. The molecule has 0 unspecified atom stereocenters. The van der Waals surface area contributed by atoms with Gasteiger partial charge in [-0.3, -0.25) is 0 Å². The molecule has 21 heavy (non-hydrogen) atoms. The smallest absolute Gasteiger partial charge is 0.0908 e. The van der Waals surface area contributed by atoms with Gasteiger partial charge in [-0.25, -0.2) is 0 Å². The lowest BCUT2D eigenvalue weighted by molar-refractivity contribution is 0.503. The van der Waals surface area contributed by atoms with Crippen LogP contribution in [0.2, 0.25) is 0 Å². The Labute approximate surface area is 133 Å². The van der Waals surface area contributed by atoms with Gasteiger partial charge < -0.3 is 0 Å². The van der Waals surface area contributed by atoms with Crippen LogP contribution in [-0.4, -0.2) is 0 Å². The molecule has 0 N–H and O–H groups in total. The zero-order chi connectivity index (χ0) is 15.6. The number of nitrogens with zero attached hydrogens (tertiary/aromatic N) is 1. The quantitative estimate of drug-likeness (QED) is 0.231. The Morgan fingerprint density at radius 3 is 1.57 bits per heavy atom. The first-order valence-electron chi connectivity index (χ1n) is 9.32. The van der Waals surface area contributed by atoms with Gasteiger partial charge in [-0.1, -0.05) is 97.0 Å². The summed E-state index contributed by atoms with van der Waals surface area (Å²) >= 11 is 0. The average Bonchev–Trinajstić information content (AvgIpc) is 2.46. The fourth-order valence-corrected chi connectivity index (χ4v) is 2.72. The van der Waals surface area contributed by atoms with Gasteiger partial charge in [-0.2, -0.15) is 5.26 Å². The molecule has 0 bridgehead atoms. The highest BCUT2D eigenvalue weighted by atomic mass is 14.2. The third-order valence-corrected chi connectivity index (χ3v) is 4.09. The molecule has 0 aliphatic heterocycles. The monoisotopic (exact) mass is 291 g/mol. The van der Waals surface area contributed by atoms with Gasteiger partial charge in [0.1, 0.15) is 0 Å². The van der Waals surface area contributed by atoms with E-state index in [0.29, 0.717) is 0 Å². The van der Waals surface area contributed by atoms with Gasteiger partial charge in [0, 0.05) is 6.08 Å². The normalized spacial score (nSPS) is 11.3. The van der Waals surface area contributed by atoms with E-state index in [9.17, 15) is 0 Å². The van der Waals surface area contributed by atoms with Gasteiger partial charge in [-0.15, -0.1) is 0 Å². The van der Waals surface area contributed by atoms with Crippen molar-refractivity contribution < 1.29 is 0 Å². The van der Waals surface area contributed by atoms with E-state index in [1.807, 2.05) is 12.1 Å². The second kappa shape index (κ2) is 17.3. The van der Waals surface area contributed by atoms with E-state index in [2.05, 4.69) is 13.8 Å². The van der Waals surface area contributed by atoms with Crippen LogP contribution in [0.5, 0.6) is 0 Å². The molecule has 0 aliphatic carbocycles. The van der Waals surface area contributed by atoms with Crippen LogP contribution in [0.4, 0.5) is 0 Å². The summed E-state index contributed by atoms with van der Waals surface area (Å²) in [6.07, 6.45) is 22.9. The van der Waals surface area contributed by atoms with E-state index in [0.717, 1.165) is 12.3 Å². The molecule has 0 aromatic carbocycles. The van der Waals surface area contributed by atoms with Crippen molar-refractivity contribution in [2.45, 2.75) is 104 Å². The summed E-state index contributed by atoms with van der Waals surface area (Å²) in [5.41, 5.74) is 0. The van der Waals surface area contributed by atoms with Gasteiger partial charge in [0.15, 0.2) is 0 Å². The molecule has 0 heterocycles. The summed E-state index contributed by atoms with van der Waals surface area (Å²) in [7, 11) is 0. The molecule has 0 rings (SSSR count). The summed E-state index contributed by atoms with van der Waals surface area (Å²) in [5.74, 6) is 0.882. The molecule has 0 aliphatic rings. The SMILES string of the molecule is CC(C)CCCCCCCCCCCCCCC=CC#N. The highest BCUT2D eigenvalue weighted by molar-refractivity contribution is 5.01. The minimum Gasteiger partial charge on any atom is -0.193 e. The number of rotatable bonds is 15. The molecule has 122 valence electrons. The van der Waals surface area contributed by atoms with Gasteiger partial charge in [0.05, 0.1) is 6.07 Å². The summed E-state index contributed by atoms with van der Waals surface area (Å²) < 4.78 is 0. The maximum absolute atomic E-state index is 8.36. The van der Waals surface area contributed by atoms with E-state index in [4.69, 9.17) is 5.26 Å². The van der Waals surface area contributed by atoms with Crippen LogP contribution >= 0.6 is 0 Å². The Hall–Kier alpha value is -0.770. The van der Waals surface area contributed by atoms with Crippen LogP contribution in [-0.2, 0) is 0 Å². The molecule has 0 atom stereocenters. The van der Waals surface area contributed by atoms with Crippen LogP contribution < -0.4 is 0 Å². The zero-order valence-electron chi connectivity index (χ0n) is 14.6. The number of nitriles is 1. The highest BCUT2D eigenvalue weighted by Crippen LogP contribution is 2.14. The molecular formula is C20H37N. The first-order valence-corrected chi connectivity index (χ1v) is 9.32. The third kappa shape index (κ3) is 19.2. The predicted molar refractivity (Wildman–Crippen MR) is 94.2 cm³/mol. The van der Waals surface area contributed by atoms with Crippen molar-refractivity contribution in [1.82, 2.24) is 0 Å². The van der Waals surface area contributed by atoms with E-state index < -0.39 is 0 Å². The van der Waals surface area contributed by atoms with Crippen molar-refractivity contribution in [1.29, 1.82) is 5.26 Å². The fourth-order valence-electron chi connectivity index (χ4n) is 2.72. The van der Waals surface area contributed by atoms with Crippen LogP contribution in [0.1, 0.15) is 104 Å². The molecule has 0 amide bonds. The lowest BCUT2D eigenvalue weighted by Crippen LogP contribution is -1.87. The lowest BCUT2D eigenvalue weighted by Gasteiger charge is -2.04. The maximum atomic E-state index is 8.36. The molecule has 0 aromatic heterocycles. The zero-order valence-corrected chi connectivity index (χ0v) is 14.6. The molecule has 1 nitrogen and oxygen atoms in total.